The third-order valence-electron chi connectivity index (χ3n) is 5.24. The topological polar surface area (TPSA) is 65.6 Å². The fraction of sp³-hybridized carbons (Fsp3) is 0.471. The molecule has 0 aliphatic carbocycles. The number of fused-ring (bicyclic) bond motifs is 2. The Morgan fingerprint density at radius 3 is 3.18 bits per heavy atom. The van der Waals surface area contributed by atoms with Gasteiger partial charge < -0.3 is 14.8 Å². The van der Waals surface area contributed by atoms with Gasteiger partial charge in [0.25, 0.3) is 0 Å². The zero-order chi connectivity index (χ0) is 15.2. The van der Waals surface area contributed by atoms with Crippen LogP contribution < -0.4 is 0 Å². The number of nitrogens with one attached hydrogen (secondary N) is 1. The summed E-state index contributed by atoms with van der Waals surface area (Å²) in [5, 5.41) is 10.9. The van der Waals surface area contributed by atoms with Gasteiger partial charge in [-0.05, 0) is 30.0 Å². The van der Waals surface area contributed by atoms with Gasteiger partial charge in [0.1, 0.15) is 5.41 Å². The van der Waals surface area contributed by atoms with Crippen LogP contribution in [-0.4, -0.2) is 47.3 Å². The zero-order valence-electron chi connectivity index (χ0n) is 12.4. The maximum absolute atomic E-state index is 11.8. The average molecular weight is 300 g/mol. The van der Waals surface area contributed by atoms with Crippen LogP contribution in [0.25, 0.3) is 10.9 Å². The number of carboxylic acids is 1. The smallest absolute Gasteiger partial charge is 0.313 e. The number of aliphatic carboxylic acids is 1. The standard InChI is InChI=1S/C17H20N2O3/c20-16(21)17-10-19(9-13(17)5-7-22-11-17)8-12-2-1-3-15-14(12)4-6-18-15/h1-4,6,13,18H,5,7-11H2,(H,20,21)/t13-,17+/m0/s1. The maximum atomic E-state index is 11.8. The van der Waals surface area contributed by atoms with E-state index >= 15 is 0 Å². The van der Waals surface area contributed by atoms with Gasteiger partial charge in [0, 0.05) is 43.3 Å². The first-order valence-electron chi connectivity index (χ1n) is 7.77. The largest absolute Gasteiger partial charge is 0.481 e. The van der Waals surface area contributed by atoms with E-state index in [2.05, 4.69) is 28.1 Å². The van der Waals surface area contributed by atoms with E-state index in [4.69, 9.17) is 4.74 Å². The third kappa shape index (κ3) is 2.04. The molecule has 2 N–H and O–H groups in total. The number of hydrogen-bond acceptors (Lipinski definition) is 3. The van der Waals surface area contributed by atoms with Crippen molar-refractivity contribution in [3.05, 3.63) is 36.0 Å². The van der Waals surface area contributed by atoms with Gasteiger partial charge in [-0.1, -0.05) is 12.1 Å². The van der Waals surface area contributed by atoms with E-state index < -0.39 is 11.4 Å². The Hall–Kier alpha value is -1.85. The van der Waals surface area contributed by atoms with Crippen LogP contribution in [0.3, 0.4) is 0 Å². The average Bonchev–Trinajstić information content (AvgIpc) is 3.11. The SMILES string of the molecule is O=C(O)[C@]12COCC[C@H]1CN(Cc1cccc3[nH]ccc13)C2. The first kappa shape index (κ1) is 13.8. The Bertz CT molecular complexity index is 711. The molecule has 5 heteroatoms. The highest BCUT2D eigenvalue weighted by Gasteiger charge is 2.53. The van der Waals surface area contributed by atoms with Crippen LogP contribution in [0.15, 0.2) is 30.5 Å². The minimum Gasteiger partial charge on any atom is -0.481 e. The molecule has 0 amide bonds. The number of carboxylic acid groups (broad SMARTS) is 1. The second-order valence-corrected chi connectivity index (χ2v) is 6.53. The summed E-state index contributed by atoms with van der Waals surface area (Å²) < 4.78 is 5.49. The lowest BCUT2D eigenvalue weighted by Crippen LogP contribution is -2.46. The normalized spacial score (nSPS) is 28.8. The highest BCUT2D eigenvalue weighted by Crippen LogP contribution is 2.42. The molecular weight excluding hydrogens is 280 g/mol. The maximum Gasteiger partial charge on any atom is 0.313 e. The summed E-state index contributed by atoms with van der Waals surface area (Å²) in [6.07, 6.45) is 2.79. The fourth-order valence-corrected chi connectivity index (χ4v) is 4.04. The Balaban J connectivity index is 1.60. The van der Waals surface area contributed by atoms with Crippen LogP contribution in [0.2, 0.25) is 0 Å². The Labute approximate surface area is 128 Å². The Morgan fingerprint density at radius 1 is 1.45 bits per heavy atom. The lowest BCUT2D eigenvalue weighted by Gasteiger charge is -2.34. The molecule has 2 aliphatic heterocycles. The van der Waals surface area contributed by atoms with E-state index in [1.54, 1.807) is 0 Å². The van der Waals surface area contributed by atoms with Crippen LogP contribution in [-0.2, 0) is 16.1 Å². The van der Waals surface area contributed by atoms with E-state index in [0.717, 1.165) is 25.0 Å². The first-order chi connectivity index (χ1) is 10.7. The van der Waals surface area contributed by atoms with Crippen molar-refractivity contribution in [2.24, 2.45) is 11.3 Å². The molecule has 4 rings (SSSR count). The molecule has 2 fully saturated rings. The minimum absolute atomic E-state index is 0.198. The first-order valence-corrected chi connectivity index (χ1v) is 7.77. The summed E-state index contributed by atoms with van der Waals surface area (Å²) in [7, 11) is 0. The highest BCUT2D eigenvalue weighted by atomic mass is 16.5. The number of hydrogen-bond donors (Lipinski definition) is 2. The number of likely N-dealkylation sites (tertiary alicyclic amines) is 1. The van der Waals surface area contributed by atoms with E-state index in [-0.39, 0.29) is 5.92 Å². The van der Waals surface area contributed by atoms with Gasteiger partial charge in [-0.25, -0.2) is 0 Å². The van der Waals surface area contributed by atoms with Crippen molar-refractivity contribution in [3.8, 4) is 0 Å². The number of aromatic nitrogens is 1. The molecule has 0 bridgehead atoms. The number of H-pyrrole nitrogens is 1. The lowest BCUT2D eigenvalue weighted by atomic mass is 9.76. The third-order valence-corrected chi connectivity index (χ3v) is 5.24. The van der Waals surface area contributed by atoms with Gasteiger partial charge in [0.15, 0.2) is 0 Å². The molecule has 116 valence electrons. The van der Waals surface area contributed by atoms with E-state index in [1.807, 2.05) is 12.3 Å². The molecule has 3 heterocycles. The van der Waals surface area contributed by atoms with Gasteiger partial charge in [0.05, 0.1) is 6.61 Å². The van der Waals surface area contributed by atoms with Crippen molar-refractivity contribution in [3.63, 3.8) is 0 Å². The second-order valence-electron chi connectivity index (χ2n) is 6.53. The zero-order valence-corrected chi connectivity index (χ0v) is 12.4. The molecule has 0 radical (unpaired) electrons. The van der Waals surface area contributed by atoms with Crippen LogP contribution >= 0.6 is 0 Å². The number of carbonyl (C=O) groups is 1. The van der Waals surface area contributed by atoms with Crippen LogP contribution in [0, 0.1) is 11.3 Å². The summed E-state index contributed by atoms with van der Waals surface area (Å²) in [6, 6.07) is 8.33. The lowest BCUT2D eigenvalue weighted by molar-refractivity contribution is -0.159. The molecule has 5 nitrogen and oxygen atoms in total. The fourth-order valence-electron chi connectivity index (χ4n) is 4.04. The van der Waals surface area contributed by atoms with Crippen molar-refractivity contribution < 1.29 is 14.6 Å². The van der Waals surface area contributed by atoms with E-state index in [0.29, 0.717) is 19.8 Å². The van der Waals surface area contributed by atoms with Gasteiger partial charge in [-0.15, -0.1) is 0 Å². The van der Waals surface area contributed by atoms with E-state index in [9.17, 15) is 9.90 Å². The van der Waals surface area contributed by atoms with Crippen molar-refractivity contribution in [2.75, 3.05) is 26.3 Å². The monoisotopic (exact) mass is 300 g/mol. The number of nitrogens with zero attached hydrogens (tertiary/aromatic N) is 1. The number of ether oxygens (including phenoxy) is 1. The van der Waals surface area contributed by atoms with Crippen LogP contribution in [0.4, 0.5) is 0 Å². The predicted octanol–water partition coefficient (Wildman–Crippen LogP) is 2.09. The van der Waals surface area contributed by atoms with Crippen LogP contribution in [0.1, 0.15) is 12.0 Å². The quantitative estimate of drug-likeness (QED) is 0.911. The summed E-state index contributed by atoms with van der Waals surface area (Å²) in [5.41, 5.74) is 1.66. The molecule has 2 aliphatic rings. The highest BCUT2D eigenvalue weighted by molar-refractivity contribution is 5.82. The number of aromatic amines is 1. The number of rotatable bonds is 3. The van der Waals surface area contributed by atoms with Gasteiger partial charge >= 0.3 is 5.97 Å². The summed E-state index contributed by atoms with van der Waals surface area (Å²) >= 11 is 0. The summed E-state index contributed by atoms with van der Waals surface area (Å²) in [5.74, 6) is -0.510. The predicted molar refractivity (Wildman–Crippen MR) is 82.6 cm³/mol. The number of benzene rings is 1. The Morgan fingerprint density at radius 2 is 2.36 bits per heavy atom. The van der Waals surface area contributed by atoms with Crippen LogP contribution in [0.5, 0.6) is 0 Å². The molecule has 2 saturated heterocycles. The molecule has 0 saturated carbocycles. The molecule has 2 atom stereocenters. The molecular formula is C17H20N2O3. The second kappa shape index (κ2) is 5.11. The van der Waals surface area contributed by atoms with Gasteiger partial charge in [0.2, 0.25) is 0 Å². The summed E-state index contributed by atoms with van der Waals surface area (Å²) in [4.78, 5) is 17.3. The molecule has 0 unspecified atom stereocenters. The molecule has 1 aromatic heterocycles. The van der Waals surface area contributed by atoms with Crippen molar-refractivity contribution in [2.45, 2.75) is 13.0 Å². The van der Waals surface area contributed by atoms with Gasteiger partial charge in [-0.3, -0.25) is 9.69 Å². The Kier molecular flexibility index (Phi) is 3.20. The molecule has 22 heavy (non-hydrogen) atoms. The minimum atomic E-state index is -0.718. The van der Waals surface area contributed by atoms with Crippen molar-refractivity contribution in [1.82, 2.24) is 9.88 Å². The molecule has 2 aromatic rings. The molecule has 1 aromatic carbocycles. The van der Waals surface area contributed by atoms with Crippen molar-refractivity contribution >= 4 is 16.9 Å². The van der Waals surface area contributed by atoms with E-state index in [1.165, 1.54) is 10.9 Å². The van der Waals surface area contributed by atoms with Crippen molar-refractivity contribution in [1.29, 1.82) is 0 Å². The van der Waals surface area contributed by atoms with Gasteiger partial charge in [-0.2, -0.15) is 0 Å². The summed E-state index contributed by atoms with van der Waals surface area (Å²) in [6.45, 7) is 3.24. The molecule has 0 spiro atoms.